The quantitative estimate of drug-likeness (QED) is 0.265. The molecule has 10 nitrogen and oxygen atoms in total. The first-order valence-corrected chi connectivity index (χ1v) is 14.7. The number of urea groups is 1. The number of nitrogens with one attached hydrogen (secondary N) is 2. The van der Waals surface area contributed by atoms with Crippen molar-refractivity contribution in [3.63, 3.8) is 0 Å². The third-order valence-electron chi connectivity index (χ3n) is 7.81. The van der Waals surface area contributed by atoms with E-state index in [0.29, 0.717) is 12.2 Å². The molecule has 3 atom stereocenters. The molecule has 214 valence electrons. The lowest BCUT2D eigenvalue weighted by Gasteiger charge is -2.36. The number of aliphatic carboxylic acids is 1. The number of anilines is 1. The molecule has 3 heterocycles. The highest BCUT2D eigenvalue weighted by atomic mass is 32.2. The van der Waals surface area contributed by atoms with Crippen LogP contribution in [0.2, 0.25) is 0 Å². The summed E-state index contributed by atoms with van der Waals surface area (Å²) in [6, 6.07) is 18.4. The van der Waals surface area contributed by atoms with Gasteiger partial charge in [0.2, 0.25) is 0 Å². The van der Waals surface area contributed by atoms with Crippen molar-refractivity contribution in [2.24, 2.45) is 0 Å². The van der Waals surface area contributed by atoms with Crippen LogP contribution in [-0.4, -0.2) is 70.0 Å². The molecule has 2 aliphatic rings. The van der Waals surface area contributed by atoms with Gasteiger partial charge in [0.15, 0.2) is 0 Å². The lowest BCUT2D eigenvalue weighted by atomic mass is 9.89. The van der Waals surface area contributed by atoms with E-state index in [1.165, 1.54) is 23.9 Å². The van der Waals surface area contributed by atoms with Crippen LogP contribution in [0.1, 0.15) is 33.2 Å². The fourth-order valence-corrected chi connectivity index (χ4v) is 6.43. The number of hydrogen-bond donors (Lipinski definition) is 3. The molecule has 0 spiro atoms. The Morgan fingerprint density at radius 2 is 1.79 bits per heavy atom. The number of benzene rings is 3. The van der Waals surface area contributed by atoms with Crippen LogP contribution >= 0.6 is 11.8 Å². The van der Waals surface area contributed by atoms with Crippen molar-refractivity contribution in [3.8, 4) is 5.75 Å². The van der Waals surface area contributed by atoms with E-state index in [2.05, 4.69) is 10.3 Å². The van der Waals surface area contributed by atoms with E-state index in [4.69, 9.17) is 4.74 Å². The van der Waals surface area contributed by atoms with E-state index in [9.17, 15) is 24.3 Å². The van der Waals surface area contributed by atoms with Gasteiger partial charge in [0, 0.05) is 28.8 Å². The van der Waals surface area contributed by atoms with Gasteiger partial charge in [-0.3, -0.25) is 14.5 Å². The van der Waals surface area contributed by atoms with Crippen molar-refractivity contribution in [1.82, 2.24) is 15.2 Å². The van der Waals surface area contributed by atoms with Crippen molar-refractivity contribution < 1.29 is 29.0 Å². The highest BCUT2D eigenvalue weighted by Crippen LogP contribution is 2.45. The van der Waals surface area contributed by atoms with Crippen LogP contribution in [0.4, 0.5) is 10.5 Å². The van der Waals surface area contributed by atoms with Gasteiger partial charge in [-0.15, -0.1) is 0 Å². The predicted octanol–water partition coefficient (Wildman–Crippen LogP) is 4.21. The summed E-state index contributed by atoms with van der Waals surface area (Å²) in [6.07, 6.45) is 2.04. The maximum Gasteiger partial charge on any atom is 0.332 e. The number of para-hydroxylation sites is 2. The summed E-state index contributed by atoms with van der Waals surface area (Å²) in [4.78, 5) is 59.5. The Labute approximate surface area is 245 Å². The van der Waals surface area contributed by atoms with Gasteiger partial charge >= 0.3 is 12.0 Å². The van der Waals surface area contributed by atoms with Gasteiger partial charge in [0.05, 0.1) is 18.4 Å². The molecule has 11 heteroatoms. The van der Waals surface area contributed by atoms with E-state index in [0.717, 1.165) is 32.6 Å². The largest absolute Gasteiger partial charge is 0.497 e. The fourth-order valence-electron chi connectivity index (χ4n) is 5.87. The number of fused-ring (bicyclic) bond motifs is 4. The van der Waals surface area contributed by atoms with Crippen molar-refractivity contribution in [3.05, 3.63) is 95.2 Å². The Kier molecular flexibility index (Phi) is 7.11. The molecule has 3 aromatic carbocycles. The molecular formula is C31H28N4O6S. The van der Waals surface area contributed by atoms with Crippen LogP contribution in [0.3, 0.4) is 0 Å². The van der Waals surface area contributed by atoms with Crippen LogP contribution in [0.15, 0.2) is 72.8 Å². The molecule has 0 unspecified atom stereocenters. The molecule has 4 aromatic rings. The molecule has 1 aromatic heterocycles. The number of carboxylic acid groups (broad SMARTS) is 1. The van der Waals surface area contributed by atoms with Crippen molar-refractivity contribution in [2.75, 3.05) is 24.0 Å². The van der Waals surface area contributed by atoms with Gasteiger partial charge in [0.25, 0.3) is 11.8 Å². The minimum atomic E-state index is -1.17. The van der Waals surface area contributed by atoms with E-state index >= 15 is 0 Å². The normalized spacial score (nSPS) is 18.5. The number of hydrogen-bond acceptors (Lipinski definition) is 6. The number of rotatable bonds is 8. The summed E-state index contributed by atoms with van der Waals surface area (Å²) in [5, 5.41) is 13.1. The Morgan fingerprint density at radius 1 is 1.07 bits per heavy atom. The van der Waals surface area contributed by atoms with E-state index in [1.54, 1.807) is 30.4 Å². The van der Waals surface area contributed by atoms with Gasteiger partial charge in [-0.25, -0.2) is 14.5 Å². The summed E-state index contributed by atoms with van der Waals surface area (Å²) in [5.74, 6) is -1.48. The molecule has 0 saturated carbocycles. The molecule has 42 heavy (non-hydrogen) atoms. The predicted molar refractivity (Wildman–Crippen MR) is 159 cm³/mol. The molecule has 0 radical (unpaired) electrons. The minimum absolute atomic E-state index is 0.0383. The Hall–Kier alpha value is -4.77. The minimum Gasteiger partial charge on any atom is -0.497 e. The van der Waals surface area contributed by atoms with Gasteiger partial charge in [-0.1, -0.05) is 42.5 Å². The fraction of sp³-hybridized carbons (Fsp3) is 0.226. The monoisotopic (exact) mass is 584 g/mol. The van der Waals surface area contributed by atoms with Crippen molar-refractivity contribution in [1.29, 1.82) is 0 Å². The van der Waals surface area contributed by atoms with Crippen molar-refractivity contribution >= 4 is 52.2 Å². The number of aromatic nitrogens is 1. The number of methoxy groups -OCH3 is 1. The average molecular weight is 585 g/mol. The third-order valence-corrected chi connectivity index (χ3v) is 8.47. The van der Waals surface area contributed by atoms with Gasteiger partial charge in [0.1, 0.15) is 23.9 Å². The summed E-state index contributed by atoms with van der Waals surface area (Å²) >= 11 is 1.28. The number of ether oxygens (including phenoxy) is 1. The zero-order chi connectivity index (χ0) is 29.5. The number of amides is 4. The van der Waals surface area contributed by atoms with Gasteiger partial charge < -0.3 is 20.1 Å². The Balaban J connectivity index is 1.43. The SMILES string of the molecule is COc1ccc([C@@H]2c3[nH]c4ccccc4c3C[C@H]3C(=O)N(c4ccccc4C(=O)N[C@@H](CSC)C(=O)O)C(=O)N23)cc1. The Bertz CT molecular complexity index is 1720. The second kappa shape index (κ2) is 10.9. The summed E-state index contributed by atoms with van der Waals surface area (Å²) in [5.41, 5.74) is 3.64. The summed E-state index contributed by atoms with van der Waals surface area (Å²) in [7, 11) is 1.58. The van der Waals surface area contributed by atoms with Crippen LogP contribution in [0.25, 0.3) is 10.9 Å². The van der Waals surface area contributed by atoms with Crippen LogP contribution < -0.4 is 15.0 Å². The topological polar surface area (TPSA) is 132 Å². The first-order valence-electron chi connectivity index (χ1n) is 13.3. The van der Waals surface area contributed by atoms with Crippen molar-refractivity contribution in [2.45, 2.75) is 24.5 Å². The molecule has 1 fully saturated rings. The third kappa shape index (κ3) is 4.46. The highest BCUT2D eigenvalue weighted by molar-refractivity contribution is 7.98. The second-order valence-electron chi connectivity index (χ2n) is 10.2. The zero-order valence-corrected chi connectivity index (χ0v) is 23.7. The molecule has 0 bridgehead atoms. The number of imide groups is 1. The lowest BCUT2D eigenvalue weighted by Crippen LogP contribution is -2.44. The number of carbonyl (C=O) groups excluding carboxylic acids is 3. The van der Waals surface area contributed by atoms with E-state index in [1.807, 2.05) is 48.5 Å². The molecular weight excluding hydrogens is 556 g/mol. The van der Waals surface area contributed by atoms with Gasteiger partial charge in [-0.05, 0) is 47.7 Å². The van der Waals surface area contributed by atoms with Gasteiger partial charge in [-0.2, -0.15) is 11.8 Å². The molecule has 0 aliphatic carbocycles. The first-order chi connectivity index (χ1) is 20.3. The second-order valence-corrected chi connectivity index (χ2v) is 11.1. The lowest BCUT2D eigenvalue weighted by molar-refractivity contribution is -0.138. The van der Waals surface area contributed by atoms with Crippen LogP contribution in [0.5, 0.6) is 5.75 Å². The smallest absolute Gasteiger partial charge is 0.332 e. The number of carboxylic acids is 1. The first kappa shape index (κ1) is 27.4. The van der Waals surface area contributed by atoms with Crippen LogP contribution in [0, 0.1) is 0 Å². The number of carbonyl (C=O) groups is 4. The maximum atomic E-state index is 14.3. The molecule has 1 saturated heterocycles. The molecule has 6 rings (SSSR count). The number of aromatic amines is 1. The Morgan fingerprint density at radius 3 is 2.50 bits per heavy atom. The number of nitrogens with zero attached hydrogens (tertiary/aromatic N) is 2. The molecule has 4 amide bonds. The highest BCUT2D eigenvalue weighted by Gasteiger charge is 2.53. The standard InChI is InChI=1S/C31H28N4O6S/c1-41-18-13-11-17(12-14-18)27-26-21(19-7-3-5-9-22(19)32-26)15-25-29(37)35(31(40)34(25)27)24-10-6-4-8-20(24)28(36)33-23(16-42-2)30(38)39/h3-14,23,25,27,32H,15-16H2,1-2H3,(H,33,36)(H,38,39)/t23-,25-,27+/m0/s1. The molecule has 3 N–H and O–H groups in total. The molecule has 2 aliphatic heterocycles. The van der Waals surface area contributed by atoms with Crippen LogP contribution in [-0.2, 0) is 16.0 Å². The number of H-pyrrole nitrogens is 1. The van der Waals surface area contributed by atoms with E-state index in [-0.39, 0.29) is 17.0 Å². The zero-order valence-electron chi connectivity index (χ0n) is 22.9. The average Bonchev–Trinajstić information content (AvgIpc) is 3.49. The maximum absolute atomic E-state index is 14.3. The number of thioether (sulfide) groups is 1. The summed E-state index contributed by atoms with van der Waals surface area (Å²) < 4.78 is 5.34. The summed E-state index contributed by atoms with van der Waals surface area (Å²) in [6.45, 7) is 0. The van der Waals surface area contributed by atoms with E-state index < -0.39 is 41.9 Å².